The molecule has 1 aliphatic heterocycles. The minimum Gasteiger partial charge on any atom is -0.507 e. The van der Waals surface area contributed by atoms with E-state index in [4.69, 9.17) is 13.9 Å². The van der Waals surface area contributed by atoms with Crippen molar-refractivity contribution in [2.24, 2.45) is 0 Å². The van der Waals surface area contributed by atoms with Crippen LogP contribution in [-0.2, 0) is 4.74 Å². The molecule has 1 atom stereocenters. The molecule has 1 fully saturated rings. The van der Waals surface area contributed by atoms with Gasteiger partial charge < -0.3 is 19.0 Å². The second-order valence-electron chi connectivity index (χ2n) is 6.47. The largest absolute Gasteiger partial charge is 0.507 e. The van der Waals surface area contributed by atoms with E-state index >= 15 is 0 Å². The average molecular weight is 367 g/mol. The van der Waals surface area contributed by atoms with Crippen molar-refractivity contribution in [1.29, 1.82) is 0 Å². The summed E-state index contributed by atoms with van der Waals surface area (Å²) in [5, 5.41) is 11.5. The highest BCUT2D eigenvalue weighted by atomic mass is 16.5. The summed E-state index contributed by atoms with van der Waals surface area (Å²) >= 11 is 0. The Kier molecular flexibility index (Phi) is 4.83. The van der Waals surface area contributed by atoms with Crippen LogP contribution >= 0.6 is 0 Å². The van der Waals surface area contributed by atoms with Crippen LogP contribution in [-0.4, -0.2) is 43.4 Å². The predicted molar refractivity (Wildman–Crippen MR) is 101 cm³/mol. The Hall–Kier alpha value is -2.83. The fourth-order valence-electron chi connectivity index (χ4n) is 3.57. The second-order valence-corrected chi connectivity index (χ2v) is 6.47. The number of benzene rings is 2. The monoisotopic (exact) mass is 367 g/mol. The topological polar surface area (TPSA) is 72.1 Å². The van der Waals surface area contributed by atoms with Crippen LogP contribution in [0.1, 0.15) is 17.2 Å². The first-order valence-electron chi connectivity index (χ1n) is 8.89. The lowest BCUT2D eigenvalue weighted by atomic mass is 9.96. The van der Waals surface area contributed by atoms with Crippen LogP contribution < -0.4 is 10.4 Å². The number of rotatable bonds is 4. The molecule has 1 N–H and O–H groups in total. The maximum absolute atomic E-state index is 12.8. The van der Waals surface area contributed by atoms with Gasteiger partial charge in [0, 0.05) is 13.1 Å². The van der Waals surface area contributed by atoms with Gasteiger partial charge in [-0.3, -0.25) is 4.90 Å². The minimum atomic E-state index is -0.529. The molecular weight excluding hydrogens is 346 g/mol. The summed E-state index contributed by atoms with van der Waals surface area (Å²) < 4.78 is 16.2. The molecule has 1 aromatic heterocycles. The first-order chi connectivity index (χ1) is 13.2. The van der Waals surface area contributed by atoms with E-state index in [1.165, 1.54) is 0 Å². The fraction of sp³-hybridized carbons (Fsp3) is 0.286. The van der Waals surface area contributed by atoms with Gasteiger partial charge in [-0.05, 0) is 29.8 Å². The average Bonchev–Trinajstić information content (AvgIpc) is 2.72. The molecule has 6 heteroatoms. The number of ether oxygens (including phenoxy) is 2. The van der Waals surface area contributed by atoms with E-state index in [1.54, 1.807) is 25.3 Å². The van der Waals surface area contributed by atoms with Crippen molar-refractivity contribution < 1.29 is 19.0 Å². The third kappa shape index (κ3) is 3.29. The van der Waals surface area contributed by atoms with Gasteiger partial charge in [0.05, 0.1) is 31.8 Å². The molecule has 2 aromatic carbocycles. The van der Waals surface area contributed by atoms with Crippen molar-refractivity contribution >= 4 is 11.0 Å². The van der Waals surface area contributed by atoms with Crippen molar-refractivity contribution in [2.75, 3.05) is 33.4 Å². The fourth-order valence-corrected chi connectivity index (χ4v) is 3.57. The van der Waals surface area contributed by atoms with Crippen LogP contribution in [0.5, 0.6) is 11.5 Å². The van der Waals surface area contributed by atoms with Crippen LogP contribution in [0.3, 0.4) is 0 Å². The third-order valence-electron chi connectivity index (χ3n) is 4.94. The van der Waals surface area contributed by atoms with E-state index in [1.807, 2.05) is 30.3 Å². The molecule has 6 nitrogen and oxygen atoms in total. The normalized spacial score (nSPS) is 16.3. The maximum atomic E-state index is 12.8. The Morgan fingerprint density at radius 2 is 1.78 bits per heavy atom. The Bertz CT molecular complexity index is 990. The van der Waals surface area contributed by atoms with Crippen LogP contribution in [0.25, 0.3) is 11.0 Å². The third-order valence-corrected chi connectivity index (χ3v) is 4.94. The standard InChI is InChI=1S/C21H21NO5/c1-25-15-8-6-14(7-9-15)19(22-10-12-26-13-11-22)18-20(23)16-4-2-3-5-17(16)27-21(18)24/h2-9,19,23H,10-13H2,1H3/t19-/m1/s1. The molecule has 0 radical (unpaired) electrons. The summed E-state index contributed by atoms with van der Waals surface area (Å²) in [5.74, 6) is 0.698. The van der Waals surface area contributed by atoms with Crippen molar-refractivity contribution in [3.8, 4) is 11.5 Å². The highest BCUT2D eigenvalue weighted by molar-refractivity contribution is 5.84. The molecule has 0 unspecified atom stereocenters. The van der Waals surface area contributed by atoms with E-state index < -0.39 is 11.7 Å². The molecule has 1 aliphatic rings. The van der Waals surface area contributed by atoms with Gasteiger partial charge in [-0.2, -0.15) is 0 Å². The van der Waals surface area contributed by atoms with Gasteiger partial charge in [-0.15, -0.1) is 0 Å². The van der Waals surface area contributed by atoms with E-state index in [0.29, 0.717) is 37.3 Å². The number of nitrogens with zero attached hydrogens (tertiary/aromatic N) is 1. The summed E-state index contributed by atoms with van der Waals surface area (Å²) in [5.41, 5.74) is 0.981. The predicted octanol–water partition coefficient (Wildman–Crippen LogP) is 2.93. The number of para-hydroxylation sites is 1. The molecule has 4 rings (SSSR count). The number of methoxy groups -OCH3 is 1. The molecule has 0 saturated carbocycles. The summed E-state index contributed by atoms with van der Waals surface area (Å²) in [7, 11) is 1.61. The summed E-state index contributed by atoms with van der Waals surface area (Å²) in [4.78, 5) is 15.0. The van der Waals surface area contributed by atoms with Crippen LogP contribution in [0.4, 0.5) is 0 Å². The van der Waals surface area contributed by atoms with Crippen LogP contribution in [0.15, 0.2) is 57.7 Å². The molecule has 0 spiro atoms. The smallest absolute Gasteiger partial charge is 0.345 e. The zero-order chi connectivity index (χ0) is 18.8. The van der Waals surface area contributed by atoms with Gasteiger partial charge in [0.1, 0.15) is 22.6 Å². The first-order valence-corrected chi connectivity index (χ1v) is 8.89. The number of fused-ring (bicyclic) bond motifs is 1. The SMILES string of the molecule is COc1ccc([C@H](c2c(O)c3ccccc3oc2=O)N2CCOCC2)cc1. The second kappa shape index (κ2) is 7.42. The highest BCUT2D eigenvalue weighted by Gasteiger charge is 2.31. The van der Waals surface area contributed by atoms with Gasteiger partial charge in [0.2, 0.25) is 0 Å². The maximum Gasteiger partial charge on any atom is 0.345 e. The summed E-state index contributed by atoms with van der Waals surface area (Å²) in [6.07, 6.45) is 0. The summed E-state index contributed by atoms with van der Waals surface area (Å²) in [6.45, 7) is 2.46. The van der Waals surface area contributed by atoms with Crippen LogP contribution in [0.2, 0.25) is 0 Å². The number of morpholine rings is 1. The molecule has 1 saturated heterocycles. The lowest BCUT2D eigenvalue weighted by molar-refractivity contribution is 0.0230. The molecule has 0 amide bonds. The lowest BCUT2D eigenvalue weighted by Gasteiger charge is -2.34. The van der Waals surface area contributed by atoms with E-state index in [9.17, 15) is 9.90 Å². The minimum absolute atomic E-state index is 0.0332. The van der Waals surface area contributed by atoms with Crippen LogP contribution in [0, 0.1) is 0 Å². The van der Waals surface area contributed by atoms with Gasteiger partial charge in [-0.25, -0.2) is 4.79 Å². The quantitative estimate of drug-likeness (QED) is 0.715. The van der Waals surface area contributed by atoms with E-state index in [-0.39, 0.29) is 11.3 Å². The molecule has 2 heterocycles. The van der Waals surface area contributed by atoms with Gasteiger partial charge in [0.25, 0.3) is 0 Å². The zero-order valence-electron chi connectivity index (χ0n) is 15.1. The number of hydrogen-bond acceptors (Lipinski definition) is 6. The van der Waals surface area contributed by atoms with Crippen molar-refractivity contribution in [2.45, 2.75) is 6.04 Å². The molecule has 0 aliphatic carbocycles. The number of aromatic hydroxyl groups is 1. The molecule has 0 bridgehead atoms. The van der Waals surface area contributed by atoms with E-state index in [2.05, 4.69) is 4.90 Å². The molecule has 3 aromatic rings. The van der Waals surface area contributed by atoms with E-state index in [0.717, 1.165) is 11.3 Å². The first kappa shape index (κ1) is 17.6. The molecule has 27 heavy (non-hydrogen) atoms. The Morgan fingerprint density at radius 3 is 2.48 bits per heavy atom. The Morgan fingerprint density at radius 1 is 1.07 bits per heavy atom. The van der Waals surface area contributed by atoms with Crippen molar-refractivity contribution in [3.63, 3.8) is 0 Å². The van der Waals surface area contributed by atoms with Gasteiger partial charge in [-0.1, -0.05) is 24.3 Å². The molecular formula is C21H21NO5. The van der Waals surface area contributed by atoms with Gasteiger partial charge in [0.15, 0.2) is 0 Å². The zero-order valence-corrected chi connectivity index (χ0v) is 15.1. The number of hydrogen-bond donors (Lipinski definition) is 1. The summed E-state index contributed by atoms with van der Waals surface area (Å²) in [6, 6.07) is 14.1. The van der Waals surface area contributed by atoms with Crippen molar-refractivity contribution in [3.05, 3.63) is 70.1 Å². The lowest BCUT2D eigenvalue weighted by Crippen LogP contribution is -2.41. The molecule has 140 valence electrons. The highest BCUT2D eigenvalue weighted by Crippen LogP contribution is 2.37. The van der Waals surface area contributed by atoms with Crippen molar-refractivity contribution in [1.82, 2.24) is 4.90 Å². The Balaban J connectivity index is 1.90. The van der Waals surface area contributed by atoms with Gasteiger partial charge >= 0.3 is 5.63 Å². The Labute approximate surface area is 156 Å².